The zero-order valence-corrected chi connectivity index (χ0v) is 20.0. The number of thiol groups is 1. The first-order valence-corrected chi connectivity index (χ1v) is 11.3. The van der Waals surface area contributed by atoms with Crippen molar-refractivity contribution in [3.05, 3.63) is 35.9 Å². The van der Waals surface area contributed by atoms with E-state index in [-0.39, 0.29) is 18.1 Å². The lowest BCUT2D eigenvalue weighted by atomic mass is 10.0. The maximum absolute atomic E-state index is 12.7. The van der Waals surface area contributed by atoms with Crippen molar-refractivity contribution >= 4 is 42.3 Å². The van der Waals surface area contributed by atoms with Crippen LogP contribution in [0.2, 0.25) is 0 Å². The monoisotopic (exact) mass is 496 g/mol. The highest BCUT2D eigenvalue weighted by Gasteiger charge is 2.31. The summed E-state index contributed by atoms with van der Waals surface area (Å²) >= 11 is 4.03. The minimum Gasteiger partial charge on any atom is -0.481 e. The standard InChI is InChI=1S/C22H32N4O7S/c1-12(2)8-14(23)19(29)24-15(10-18(27)28)20(30)26-17(11-34)21(31)25-16(22(32)33)9-13-6-4-3-5-7-13/h3-7,12,14-17,34H,8-11,23H2,1-2H3,(H,24,29)(H,25,31)(H,26,30)(H,27,28)(H,32,33). The minimum atomic E-state index is -1.49. The van der Waals surface area contributed by atoms with E-state index in [0.29, 0.717) is 12.0 Å². The molecule has 3 amide bonds. The molecule has 1 aromatic rings. The van der Waals surface area contributed by atoms with Gasteiger partial charge in [0.1, 0.15) is 18.1 Å². The van der Waals surface area contributed by atoms with Crippen LogP contribution in [0.25, 0.3) is 0 Å². The predicted molar refractivity (Wildman–Crippen MR) is 127 cm³/mol. The van der Waals surface area contributed by atoms with Crippen LogP contribution >= 0.6 is 12.6 Å². The third-order valence-electron chi connectivity index (χ3n) is 4.79. The summed E-state index contributed by atoms with van der Waals surface area (Å²) in [6, 6.07) is 3.69. The third kappa shape index (κ3) is 10.2. The average molecular weight is 497 g/mol. The number of nitrogens with one attached hydrogen (secondary N) is 3. The normalized spacial score (nSPS) is 14.4. The highest BCUT2D eigenvalue weighted by Crippen LogP contribution is 2.06. The van der Waals surface area contributed by atoms with Gasteiger partial charge in [-0.15, -0.1) is 0 Å². The molecule has 0 spiro atoms. The zero-order chi connectivity index (χ0) is 25.8. The number of hydrogen-bond acceptors (Lipinski definition) is 7. The number of carbonyl (C=O) groups is 5. The van der Waals surface area contributed by atoms with E-state index in [4.69, 9.17) is 10.8 Å². The van der Waals surface area contributed by atoms with Crippen molar-refractivity contribution in [3.63, 3.8) is 0 Å². The molecule has 7 N–H and O–H groups in total. The van der Waals surface area contributed by atoms with E-state index >= 15 is 0 Å². The average Bonchev–Trinajstić information content (AvgIpc) is 2.75. The van der Waals surface area contributed by atoms with E-state index in [1.807, 2.05) is 13.8 Å². The highest BCUT2D eigenvalue weighted by molar-refractivity contribution is 7.80. The molecule has 11 nitrogen and oxygen atoms in total. The van der Waals surface area contributed by atoms with Gasteiger partial charge in [-0.2, -0.15) is 12.6 Å². The molecule has 0 saturated carbocycles. The molecule has 0 saturated heterocycles. The Morgan fingerprint density at radius 3 is 1.91 bits per heavy atom. The van der Waals surface area contributed by atoms with Gasteiger partial charge in [-0.3, -0.25) is 19.2 Å². The van der Waals surface area contributed by atoms with Gasteiger partial charge in [0.05, 0.1) is 12.5 Å². The summed E-state index contributed by atoms with van der Waals surface area (Å²) in [6.45, 7) is 3.71. The predicted octanol–water partition coefficient (Wildman–Crippen LogP) is -0.454. The molecule has 1 rings (SSSR count). The van der Waals surface area contributed by atoms with Crippen molar-refractivity contribution in [2.45, 2.75) is 57.3 Å². The lowest BCUT2D eigenvalue weighted by Crippen LogP contribution is -2.58. The van der Waals surface area contributed by atoms with E-state index in [1.165, 1.54) is 0 Å². The molecule has 0 aliphatic heterocycles. The summed E-state index contributed by atoms with van der Waals surface area (Å²) in [5, 5.41) is 25.6. The van der Waals surface area contributed by atoms with Crippen LogP contribution in [0.15, 0.2) is 30.3 Å². The molecule has 0 fully saturated rings. The number of aliphatic carboxylic acids is 2. The highest BCUT2D eigenvalue weighted by atomic mass is 32.1. The van der Waals surface area contributed by atoms with Crippen LogP contribution in [-0.2, 0) is 30.4 Å². The lowest BCUT2D eigenvalue weighted by molar-refractivity contribution is -0.143. The van der Waals surface area contributed by atoms with Gasteiger partial charge in [-0.25, -0.2) is 4.79 Å². The van der Waals surface area contributed by atoms with Gasteiger partial charge < -0.3 is 31.9 Å². The fourth-order valence-corrected chi connectivity index (χ4v) is 3.32. The van der Waals surface area contributed by atoms with Crippen LogP contribution in [0.4, 0.5) is 0 Å². The Hall–Kier alpha value is -3.12. The summed E-state index contributed by atoms with van der Waals surface area (Å²) in [5.74, 6) is -5.16. The summed E-state index contributed by atoms with van der Waals surface area (Å²) in [5.41, 5.74) is 6.48. The Morgan fingerprint density at radius 1 is 0.882 bits per heavy atom. The van der Waals surface area contributed by atoms with Crippen molar-refractivity contribution in [1.29, 1.82) is 0 Å². The summed E-state index contributed by atoms with van der Waals surface area (Å²) < 4.78 is 0. The van der Waals surface area contributed by atoms with Crippen molar-refractivity contribution in [1.82, 2.24) is 16.0 Å². The third-order valence-corrected chi connectivity index (χ3v) is 5.15. The van der Waals surface area contributed by atoms with E-state index in [1.54, 1.807) is 30.3 Å². The second-order valence-corrected chi connectivity index (χ2v) is 8.59. The molecule has 0 heterocycles. The first-order valence-electron chi connectivity index (χ1n) is 10.7. The Labute approximate surface area is 203 Å². The molecular weight excluding hydrogens is 464 g/mol. The molecule has 4 unspecified atom stereocenters. The van der Waals surface area contributed by atoms with Crippen molar-refractivity contribution in [2.24, 2.45) is 11.7 Å². The van der Waals surface area contributed by atoms with E-state index < -0.39 is 60.2 Å². The fourth-order valence-electron chi connectivity index (χ4n) is 3.07. The maximum Gasteiger partial charge on any atom is 0.326 e. The van der Waals surface area contributed by atoms with Crippen molar-refractivity contribution in [2.75, 3.05) is 5.75 Å². The molecule has 12 heteroatoms. The quantitative estimate of drug-likeness (QED) is 0.169. The molecular formula is C22H32N4O7S. The number of benzene rings is 1. The summed E-state index contributed by atoms with van der Waals surface area (Å²) in [7, 11) is 0. The fraction of sp³-hybridized carbons (Fsp3) is 0.500. The van der Waals surface area contributed by atoms with E-state index in [0.717, 1.165) is 0 Å². The molecule has 0 bridgehead atoms. The number of amides is 3. The van der Waals surface area contributed by atoms with Gasteiger partial charge in [0.15, 0.2) is 0 Å². The van der Waals surface area contributed by atoms with Gasteiger partial charge in [0.25, 0.3) is 0 Å². The Morgan fingerprint density at radius 2 is 1.41 bits per heavy atom. The number of hydrogen-bond donors (Lipinski definition) is 7. The Bertz CT molecular complexity index is 866. The maximum atomic E-state index is 12.7. The van der Waals surface area contributed by atoms with E-state index in [9.17, 15) is 29.1 Å². The van der Waals surface area contributed by atoms with Gasteiger partial charge in [0, 0.05) is 12.2 Å². The van der Waals surface area contributed by atoms with Crippen LogP contribution in [0, 0.1) is 5.92 Å². The van der Waals surface area contributed by atoms with Crippen molar-refractivity contribution in [3.8, 4) is 0 Å². The lowest BCUT2D eigenvalue weighted by Gasteiger charge is -2.24. The molecule has 0 radical (unpaired) electrons. The summed E-state index contributed by atoms with van der Waals surface area (Å²) in [4.78, 5) is 60.4. The Balaban J connectivity index is 2.87. The van der Waals surface area contributed by atoms with Gasteiger partial charge in [-0.05, 0) is 17.9 Å². The number of carboxylic acids is 2. The molecule has 0 aromatic heterocycles. The van der Waals surface area contributed by atoms with Crippen LogP contribution in [0.5, 0.6) is 0 Å². The summed E-state index contributed by atoms with van der Waals surface area (Å²) in [6.07, 6.45) is -0.397. The first-order chi connectivity index (χ1) is 15.9. The minimum absolute atomic E-state index is 0.0145. The topological polar surface area (TPSA) is 188 Å². The largest absolute Gasteiger partial charge is 0.481 e. The molecule has 0 aliphatic carbocycles. The second-order valence-electron chi connectivity index (χ2n) is 8.23. The van der Waals surface area contributed by atoms with Gasteiger partial charge in [-0.1, -0.05) is 44.2 Å². The van der Waals surface area contributed by atoms with Crippen LogP contribution < -0.4 is 21.7 Å². The van der Waals surface area contributed by atoms with Crippen molar-refractivity contribution < 1.29 is 34.2 Å². The van der Waals surface area contributed by atoms with Crippen LogP contribution in [0.3, 0.4) is 0 Å². The van der Waals surface area contributed by atoms with Gasteiger partial charge >= 0.3 is 11.9 Å². The molecule has 1 aromatic carbocycles. The molecule has 4 atom stereocenters. The SMILES string of the molecule is CC(C)CC(N)C(=O)NC(CC(=O)O)C(=O)NC(CS)C(=O)NC(Cc1ccccc1)C(=O)O. The van der Waals surface area contributed by atoms with Gasteiger partial charge in [0.2, 0.25) is 17.7 Å². The number of carboxylic acid groups (broad SMARTS) is 2. The molecule has 34 heavy (non-hydrogen) atoms. The Kier molecular flexibility index (Phi) is 12.1. The molecule has 0 aliphatic rings. The first kappa shape index (κ1) is 28.9. The van der Waals surface area contributed by atoms with E-state index in [2.05, 4.69) is 28.6 Å². The molecule has 188 valence electrons. The number of rotatable bonds is 14. The van der Waals surface area contributed by atoms with Crippen LogP contribution in [0.1, 0.15) is 32.3 Å². The smallest absolute Gasteiger partial charge is 0.326 e. The second kappa shape index (κ2) is 14.2. The number of carbonyl (C=O) groups excluding carboxylic acids is 3. The zero-order valence-electron chi connectivity index (χ0n) is 19.1. The number of nitrogens with two attached hydrogens (primary N) is 1. The van der Waals surface area contributed by atoms with Crippen LogP contribution in [-0.4, -0.2) is 69.8 Å².